The highest BCUT2D eigenvalue weighted by Gasteiger charge is 2.13. The predicted molar refractivity (Wildman–Crippen MR) is 62.1 cm³/mol. The van der Waals surface area contributed by atoms with Gasteiger partial charge in [-0.05, 0) is 25.0 Å². The molecular formula is C11H17N3O2. The Kier molecular flexibility index (Phi) is 4.88. The van der Waals surface area contributed by atoms with Crippen LogP contribution in [0.5, 0.6) is 0 Å². The molecule has 0 aliphatic carbocycles. The third kappa shape index (κ3) is 3.96. The van der Waals surface area contributed by atoms with Crippen LogP contribution in [0.3, 0.4) is 0 Å². The van der Waals surface area contributed by atoms with E-state index in [4.69, 9.17) is 10.5 Å². The number of aromatic nitrogens is 1. The minimum Gasteiger partial charge on any atom is -0.385 e. The SMILES string of the molecule is COCCC(N)C(=O)Nc1ccc(C)cn1. The maximum absolute atomic E-state index is 11.6. The molecule has 0 aromatic carbocycles. The molecule has 0 aliphatic heterocycles. The summed E-state index contributed by atoms with van der Waals surface area (Å²) in [7, 11) is 1.58. The number of pyridine rings is 1. The molecule has 1 aromatic rings. The maximum Gasteiger partial charge on any atom is 0.242 e. The van der Waals surface area contributed by atoms with Crippen molar-refractivity contribution in [3.05, 3.63) is 23.9 Å². The van der Waals surface area contributed by atoms with E-state index >= 15 is 0 Å². The van der Waals surface area contributed by atoms with Crippen LogP contribution in [0.2, 0.25) is 0 Å². The smallest absolute Gasteiger partial charge is 0.242 e. The van der Waals surface area contributed by atoms with E-state index in [0.717, 1.165) is 5.56 Å². The fourth-order valence-corrected chi connectivity index (χ4v) is 1.14. The largest absolute Gasteiger partial charge is 0.385 e. The van der Waals surface area contributed by atoms with Crippen LogP contribution >= 0.6 is 0 Å². The molecule has 0 radical (unpaired) electrons. The molecule has 3 N–H and O–H groups in total. The number of nitrogens with one attached hydrogen (secondary N) is 1. The third-order valence-corrected chi connectivity index (χ3v) is 2.13. The van der Waals surface area contributed by atoms with Gasteiger partial charge in [0.25, 0.3) is 0 Å². The van der Waals surface area contributed by atoms with E-state index in [1.807, 2.05) is 13.0 Å². The molecular weight excluding hydrogens is 206 g/mol. The van der Waals surface area contributed by atoms with E-state index in [1.54, 1.807) is 19.4 Å². The van der Waals surface area contributed by atoms with Crippen molar-refractivity contribution in [2.75, 3.05) is 19.0 Å². The van der Waals surface area contributed by atoms with Crippen LogP contribution in [0.4, 0.5) is 5.82 Å². The van der Waals surface area contributed by atoms with Crippen LogP contribution < -0.4 is 11.1 Å². The van der Waals surface area contributed by atoms with Gasteiger partial charge in [0, 0.05) is 19.9 Å². The van der Waals surface area contributed by atoms with Gasteiger partial charge < -0.3 is 15.8 Å². The standard InChI is InChI=1S/C11H17N3O2/c1-8-3-4-10(13-7-8)14-11(15)9(12)5-6-16-2/h3-4,7,9H,5-6,12H2,1-2H3,(H,13,14,15). The Bertz CT molecular complexity index is 338. The van der Waals surface area contributed by atoms with Gasteiger partial charge in [0.2, 0.25) is 5.91 Å². The van der Waals surface area contributed by atoms with Crippen LogP contribution in [0.25, 0.3) is 0 Å². The summed E-state index contributed by atoms with van der Waals surface area (Å²) >= 11 is 0. The molecule has 1 unspecified atom stereocenters. The molecule has 0 spiro atoms. The number of hydrogen-bond donors (Lipinski definition) is 2. The maximum atomic E-state index is 11.6. The van der Waals surface area contributed by atoms with Crippen LogP contribution in [0, 0.1) is 6.92 Å². The fraction of sp³-hybridized carbons (Fsp3) is 0.455. The first-order chi connectivity index (χ1) is 7.63. The van der Waals surface area contributed by atoms with Gasteiger partial charge in [-0.2, -0.15) is 0 Å². The number of aryl methyl sites for hydroxylation is 1. The zero-order valence-corrected chi connectivity index (χ0v) is 9.56. The van der Waals surface area contributed by atoms with E-state index in [-0.39, 0.29) is 5.91 Å². The topological polar surface area (TPSA) is 77.2 Å². The number of hydrogen-bond acceptors (Lipinski definition) is 4. The predicted octanol–water partition coefficient (Wildman–Crippen LogP) is 0.692. The Morgan fingerprint density at radius 3 is 2.94 bits per heavy atom. The second-order valence-electron chi connectivity index (χ2n) is 3.60. The molecule has 1 rings (SSSR count). The number of anilines is 1. The van der Waals surface area contributed by atoms with E-state index in [2.05, 4.69) is 10.3 Å². The third-order valence-electron chi connectivity index (χ3n) is 2.13. The normalized spacial score (nSPS) is 12.2. The van der Waals surface area contributed by atoms with Gasteiger partial charge in [-0.1, -0.05) is 6.07 Å². The van der Waals surface area contributed by atoms with Crippen molar-refractivity contribution in [1.82, 2.24) is 4.98 Å². The molecule has 88 valence electrons. The molecule has 0 bridgehead atoms. The molecule has 16 heavy (non-hydrogen) atoms. The van der Waals surface area contributed by atoms with Gasteiger partial charge in [-0.3, -0.25) is 4.79 Å². The zero-order chi connectivity index (χ0) is 12.0. The van der Waals surface area contributed by atoms with Gasteiger partial charge in [0.15, 0.2) is 0 Å². The lowest BCUT2D eigenvalue weighted by Crippen LogP contribution is -2.36. The average Bonchev–Trinajstić information content (AvgIpc) is 2.29. The first-order valence-electron chi connectivity index (χ1n) is 5.11. The highest BCUT2D eigenvalue weighted by atomic mass is 16.5. The summed E-state index contributed by atoms with van der Waals surface area (Å²) in [5, 5.41) is 2.65. The van der Waals surface area contributed by atoms with Crippen molar-refractivity contribution >= 4 is 11.7 Å². The fourth-order valence-electron chi connectivity index (χ4n) is 1.14. The summed E-state index contributed by atoms with van der Waals surface area (Å²) in [5.74, 6) is 0.275. The summed E-state index contributed by atoms with van der Waals surface area (Å²) < 4.78 is 4.85. The number of nitrogens with zero attached hydrogens (tertiary/aromatic N) is 1. The van der Waals surface area contributed by atoms with Crippen molar-refractivity contribution in [3.8, 4) is 0 Å². The molecule has 0 fully saturated rings. The molecule has 1 aromatic heterocycles. The van der Waals surface area contributed by atoms with Crippen LogP contribution in [-0.2, 0) is 9.53 Å². The first kappa shape index (κ1) is 12.6. The van der Waals surface area contributed by atoms with Gasteiger partial charge in [-0.15, -0.1) is 0 Å². The summed E-state index contributed by atoms with van der Waals surface area (Å²) in [6, 6.07) is 3.06. The van der Waals surface area contributed by atoms with Crippen LogP contribution in [-0.4, -0.2) is 30.6 Å². The Morgan fingerprint density at radius 2 is 2.38 bits per heavy atom. The first-order valence-corrected chi connectivity index (χ1v) is 5.11. The molecule has 0 saturated heterocycles. The molecule has 0 aliphatic rings. The average molecular weight is 223 g/mol. The monoisotopic (exact) mass is 223 g/mol. The quantitative estimate of drug-likeness (QED) is 0.770. The number of nitrogens with two attached hydrogens (primary N) is 1. The van der Waals surface area contributed by atoms with Crippen molar-refractivity contribution in [3.63, 3.8) is 0 Å². The van der Waals surface area contributed by atoms with Crippen LogP contribution in [0.1, 0.15) is 12.0 Å². The molecule has 1 amide bonds. The lowest BCUT2D eigenvalue weighted by molar-refractivity contribution is -0.117. The van der Waals surface area contributed by atoms with Crippen LogP contribution in [0.15, 0.2) is 18.3 Å². The highest BCUT2D eigenvalue weighted by Crippen LogP contribution is 2.04. The number of carbonyl (C=O) groups is 1. The van der Waals surface area contributed by atoms with Crippen molar-refractivity contribution < 1.29 is 9.53 Å². The zero-order valence-electron chi connectivity index (χ0n) is 9.56. The lowest BCUT2D eigenvalue weighted by atomic mass is 10.2. The second-order valence-corrected chi connectivity index (χ2v) is 3.60. The Balaban J connectivity index is 2.47. The molecule has 1 atom stereocenters. The summed E-state index contributed by atoms with van der Waals surface area (Å²) in [4.78, 5) is 15.6. The van der Waals surface area contributed by atoms with Gasteiger partial charge in [0.05, 0.1) is 6.04 Å². The van der Waals surface area contributed by atoms with E-state index in [1.165, 1.54) is 0 Å². The van der Waals surface area contributed by atoms with Crippen molar-refractivity contribution in [2.24, 2.45) is 5.73 Å². The number of carbonyl (C=O) groups excluding carboxylic acids is 1. The van der Waals surface area contributed by atoms with E-state index in [0.29, 0.717) is 18.8 Å². The van der Waals surface area contributed by atoms with E-state index < -0.39 is 6.04 Å². The van der Waals surface area contributed by atoms with Crippen molar-refractivity contribution in [1.29, 1.82) is 0 Å². The molecule has 5 heteroatoms. The number of amides is 1. The van der Waals surface area contributed by atoms with Gasteiger partial charge in [0.1, 0.15) is 5.82 Å². The van der Waals surface area contributed by atoms with Gasteiger partial charge in [-0.25, -0.2) is 4.98 Å². The molecule has 5 nitrogen and oxygen atoms in total. The lowest BCUT2D eigenvalue weighted by Gasteiger charge is -2.11. The van der Waals surface area contributed by atoms with E-state index in [9.17, 15) is 4.79 Å². The number of rotatable bonds is 5. The Hall–Kier alpha value is -1.46. The molecule has 1 heterocycles. The summed E-state index contributed by atoms with van der Waals surface area (Å²) in [6.45, 7) is 2.40. The number of methoxy groups -OCH3 is 1. The molecule has 0 saturated carbocycles. The Labute approximate surface area is 95.0 Å². The summed E-state index contributed by atoms with van der Waals surface area (Å²) in [5.41, 5.74) is 6.70. The summed E-state index contributed by atoms with van der Waals surface area (Å²) in [6.07, 6.45) is 2.19. The van der Waals surface area contributed by atoms with Gasteiger partial charge >= 0.3 is 0 Å². The Morgan fingerprint density at radius 1 is 1.62 bits per heavy atom. The second kappa shape index (κ2) is 6.19. The highest BCUT2D eigenvalue weighted by molar-refractivity contribution is 5.93. The minimum atomic E-state index is -0.567. The van der Waals surface area contributed by atoms with Crippen molar-refractivity contribution in [2.45, 2.75) is 19.4 Å². The minimum absolute atomic E-state index is 0.242. The number of ether oxygens (including phenoxy) is 1.